The summed E-state index contributed by atoms with van der Waals surface area (Å²) >= 11 is 0.983. The van der Waals surface area contributed by atoms with Crippen molar-refractivity contribution in [2.45, 2.75) is 81.5 Å². The zero-order valence-corrected chi connectivity index (χ0v) is 49.2. The van der Waals surface area contributed by atoms with Gasteiger partial charge in [-0.1, -0.05) is 68.4 Å². The van der Waals surface area contributed by atoms with E-state index in [1.807, 2.05) is 62.4 Å². The number of esters is 3. The Morgan fingerprint density at radius 2 is 1.31 bits per heavy atom. The highest BCUT2D eigenvalue weighted by Gasteiger charge is 2.55. The Morgan fingerprint density at radius 3 is 1.92 bits per heavy atom. The van der Waals surface area contributed by atoms with E-state index in [0.29, 0.717) is 16.7 Å². The maximum Gasteiger partial charge on any atom is 0.407 e. The molecule has 4 heterocycles. The van der Waals surface area contributed by atoms with Crippen molar-refractivity contribution in [2.75, 3.05) is 70.0 Å². The van der Waals surface area contributed by atoms with Gasteiger partial charge < -0.3 is 73.9 Å². The molecule has 25 heteroatoms. The number of amides is 5. The van der Waals surface area contributed by atoms with Crippen molar-refractivity contribution in [3.05, 3.63) is 137 Å². The van der Waals surface area contributed by atoms with E-state index in [9.17, 15) is 53.7 Å². The molecule has 1 spiro atoms. The number of carbonyl (C=O) groups is 8. The van der Waals surface area contributed by atoms with Gasteiger partial charge in [-0.25, -0.2) is 14.5 Å². The van der Waals surface area contributed by atoms with E-state index >= 15 is 0 Å². The third kappa shape index (κ3) is 13.4. The highest BCUT2D eigenvalue weighted by atomic mass is 32.2. The number of benzene rings is 5. The van der Waals surface area contributed by atoms with Gasteiger partial charge >= 0.3 is 24.0 Å². The number of anilines is 1. The minimum absolute atomic E-state index is 0.0102. The van der Waals surface area contributed by atoms with Crippen molar-refractivity contribution in [2.24, 2.45) is 11.8 Å². The van der Waals surface area contributed by atoms with E-state index in [1.54, 1.807) is 18.2 Å². The van der Waals surface area contributed by atoms with E-state index in [-0.39, 0.29) is 118 Å². The molecule has 0 saturated carbocycles. The number of aliphatic hydroxyl groups is 3. The van der Waals surface area contributed by atoms with Crippen LogP contribution in [0.15, 0.2) is 103 Å². The highest BCUT2D eigenvalue weighted by Crippen LogP contribution is 2.58. The first kappa shape index (κ1) is 62.8. The number of carbonyl (C=O) groups excluding carboxylic acids is 8. The Morgan fingerprint density at radius 1 is 0.705 bits per heavy atom. The first-order chi connectivity index (χ1) is 42.3. The van der Waals surface area contributed by atoms with Gasteiger partial charge in [0.1, 0.15) is 48.4 Å². The number of rotatable bonds is 24. The number of alkyl carbamates (subject to hydrolysis) is 1. The Balaban J connectivity index is 0.751. The van der Waals surface area contributed by atoms with Gasteiger partial charge in [-0.05, 0) is 64.6 Å². The minimum atomic E-state index is -1.65. The second-order valence-electron chi connectivity index (χ2n) is 21.8. The molecule has 0 aromatic heterocycles. The molecule has 2 fully saturated rings. The summed E-state index contributed by atoms with van der Waals surface area (Å²) in [6.07, 6.45) is -6.17. The molecule has 24 nitrogen and oxygen atoms in total. The van der Waals surface area contributed by atoms with Crippen molar-refractivity contribution in [1.29, 1.82) is 0 Å². The molecule has 10 rings (SSSR count). The van der Waals surface area contributed by atoms with Crippen LogP contribution in [0.2, 0.25) is 0 Å². The predicted octanol–water partition coefficient (Wildman–Crippen LogP) is 4.37. The quantitative estimate of drug-likeness (QED) is 0.0216. The Labute approximate surface area is 509 Å². The number of hydrogen-bond acceptors (Lipinski definition) is 21. The van der Waals surface area contributed by atoms with Crippen LogP contribution in [0.1, 0.15) is 78.2 Å². The molecule has 0 bridgehead atoms. The smallest absolute Gasteiger partial charge is 0.407 e. The molecule has 5 amide bonds. The monoisotopic (exact) mass is 1230 g/mol. The summed E-state index contributed by atoms with van der Waals surface area (Å²) in [5, 5.41) is 37.5. The number of aliphatic hydroxyl groups excluding tert-OH is 3. The van der Waals surface area contributed by atoms with Crippen LogP contribution < -0.4 is 35.1 Å². The standard InChI is InChI=1S/C63H66N4O20S/c1-33(2)55-51(86-61(77)57(73)56(55)72)30-81-31-53(70)64-19-21-79-23-24-80-22-20-65-58(74)48(66-62(78)82-29-44-41-11-7-5-9-39(41)40-10-6-8-12-42(40)44)32-88-52-28-54(71)67(59(52)75)36-13-16-45-43(25-36)60(76)87-63(45)46-17-14-37(83-34(3)68)26-49(46)85-50-27-38(84-35(4)69)15-18-47(50)63/h5-18,25-27,33,44,48,51-52,55-57,61,72-73,77H,19-24,28-32H2,1-4H3,(H,64,70)(H,65,74)(H,66,78). The van der Waals surface area contributed by atoms with Crippen molar-refractivity contribution in [1.82, 2.24) is 16.0 Å². The molecule has 88 heavy (non-hydrogen) atoms. The zero-order valence-electron chi connectivity index (χ0n) is 48.4. The third-order valence-electron chi connectivity index (χ3n) is 15.6. The van der Waals surface area contributed by atoms with E-state index in [0.717, 1.165) is 38.9 Å². The maximum atomic E-state index is 14.3. The molecular formula is C63H66N4O20S. The summed E-state index contributed by atoms with van der Waals surface area (Å²) in [5.74, 6) is -4.70. The fourth-order valence-corrected chi connectivity index (χ4v) is 12.8. The zero-order chi connectivity index (χ0) is 62.4. The highest BCUT2D eigenvalue weighted by molar-refractivity contribution is 8.00. The molecule has 1 aliphatic carbocycles. The molecule has 7 atom stereocenters. The second kappa shape index (κ2) is 27.4. The van der Waals surface area contributed by atoms with E-state index < -0.39 is 95.0 Å². The average molecular weight is 1230 g/mol. The lowest BCUT2D eigenvalue weighted by atomic mass is 9.77. The van der Waals surface area contributed by atoms with E-state index in [4.69, 9.17) is 42.6 Å². The largest absolute Gasteiger partial charge is 0.456 e. The van der Waals surface area contributed by atoms with Gasteiger partial charge in [0.05, 0.1) is 61.7 Å². The van der Waals surface area contributed by atoms with Gasteiger partial charge in [0.15, 0.2) is 11.9 Å². The molecule has 2 saturated heterocycles. The minimum Gasteiger partial charge on any atom is -0.456 e. The van der Waals surface area contributed by atoms with Gasteiger partial charge in [0, 0.05) is 79.8 Å². The van der Waals surface area contributed by atoms with Gasteiger partial charge in [0.2, 0.25) is 23.6 Å². The SMILES string of the molecule is CC(=O)Oc1ccc2c(c1)Oc1cc(OC(C)=O)ccc1C21OC(=O)c2cc(N3C(=O)CC(SCC(NC(=O)OCC4c5ccccc5-c5ccccc54)C(=O)NCCOCCOCCNC(=O)COCC4OC(O)C(O)C(O)C4C(C)C)C3=O)ccc21. The molecule has 0 radical (unpaired) electrons. The lowest BCUT2D eigenvalue weighted by Gasteiger charge is -2.42. The summed E-state index contributed by atoms with van der Waals surface area (Å²) in [4.78, 5) is 107. The summed E-state index contributed by atoms with van der Waals surface area (Å²) < 4.78 is 51.1. The number of imide groups is 1. The van der Waals surface area contributed by atoms with E-state index in [1.165, 1.54) is 50.2 Å². The van der Waals surface area contributed by atoms with Crippen LogP contribution in [-0.4, -0.2) is 164 Å². The maximum absolute atomic E-state index is 14.3. The normalized spacial score (nSPS) is 20.6. The predicted molar refractivity (Wildman–Crippen MR) is 312 cm³/mol. The molecule has 464 valence electrons. The number of nitrogens with one attached hydrogen (secondary N) is 3. The van der Waals surface area contributed by atoms with Crippen molar-refractivity contribution < 1.29 is 96.3 Å². The molecule has 7 unspecified atom stereocenters. The number of thioether (sulfide) groups is 1. The summed E-state index contributed by atoms with van der Waals surface area (Å²) in [6, 6.07) is 28.0. The molecule has 4 aliphatic heterocycles. The molecule has 6 N–H and O–H groups in total. The van der Waals surface area contributed by atoms with Crippen LogP contribution in [-0.2, 0) is 62.8 Å². The van der Waals surface area contributed by atoms with Crippen molar-refractivity contribution in [3.63, 3.8) is 0 Å². The van der Waals surface area contributed by atoms with Gasteiger partial charge in [-0.3, -0.25) is 28.8 Å². The number of nitrogens with zero attached hydrogens (tertiary/aromatic N) is 1. The number of ether oxygens (including phenoxy) is 9. The number of hydrogen-bond donors (Lipinski definition) is 6. The van der Waals surface area contributed by atoms with Crippen LogP contribution >= 0.6 is 11.8 Å². The van der Waals surface area contributed by atoms with Crippen molar-refractivity contribution in [3.8, 4) is 34.1 Å². The van der Waals surface area contributed by atoms with Gasteiger partial charge in [-0.2, -0.15) is 0 Å². The van der Waals surface area contributed by atoms with Crippen LogP contribution in [0.3, 0.4) is 0 Å². The second-order valence-corrected chi connectivity index (χ2v) is 23.0. The lowest BCUT2D eigenvalue weighted by molar-refractivity contribution is -0.281. The molecule has 5 aromatic carbocycles. The van der Waals surface area contributed by atoms with Crippen LogP contribution in [0.25, 0.3) is 11.1 Å². The molecule has 5 aliphatic rings. The average Bonchev–Trinajstić information content (AvgIpc) is 1.46. The Hall–Kier alpha value is -8.27. The summed E-state index contributed by atoms with van der Waals surface area (Å²) in [5.41, 5.74) is 3.54. The number of fused-ring (bicyclic) bond motifs is 9. The van der Waals surface area contributed by atoms with Gasteiger partial charge in [-0.15, -0.1) is 11.8 Å². The summed E-state index contributed by atoms with van der Waals surface area (Å²) in [6.45, 7) is 6.35. The first-order valence-electron chi connectivity index (χ1n) is 28.6. The fraction of sp³-hybridized carbons (Fsp3) is 0.397. The van der Waals surface area contributed by atoms with Crippen molar-refractivity contribution >= 4 is 65.1 Å². The third-order valence-corrected chi connectivity index (χ3v) is 16.9. The summed E-state index contributed by atoms with van der Waals surface area (Å²) in [7, 11) is 0. The van der Waals surface area contributed by atoms with Gasteiger partial charge in [0.25, 0.3) is 0 Å². The lowest BCUT2D eigenvalue weighted by Crippen LogP contribution is -2.57. The fourth-order valence-electron chi connectivity index (χ4n) is 11.7. The Kier molecular flexibility index (Phi) is 19.6. The topological polar surface area (TPSA) is 320 Å². The van der Waals surface area contributed by atoms with Crippen LogP contribution in [0.5, 0.6) is 23.0 Å². The molecule has 5 aromatic rings. The van der Waals surface area contributed by atoms with Crippen LogP contribution in [0, 0.1) is 11.8 Å². The first-order valence-corrected chi connectivity index (χ1v) is 29.7. The Bertz CT molecular complexity index is 3390. The van der Waals surface area contributed by atoms with E-state index in [2.05, 4.69) is 16.0 Å². The molecular weight excluding hydrogens is 1160 g/mol. The van der Waals surface area contributed by atoms with Crippen LogP contribution in [0.4, 0.5) is 10.5 Å².